The Morgan fingerprint density at radius 2 is 1.67 bits per heavy atom. The van der Waals surface area contributed by atoms with Crippen LogP contribution >= 0.6 is 0 Å². The van der Waals surface area contributed by atoms with E-state index in [2.05, 4.69) is 0 Å². The van der Waals surface area contributed by atoms with Gasteiger partial charge >= 0.3 is 12.0 Å². The first-order valence-corrected chi connectivity index (χ1v) is 4.73. The maximum Gasteiger partial charge on any atom is 0.460 e. The number of ketones is 1. The molecule has 0 radical (unpaired) electrons. The first-order valence-electron chi connectivity index (χ1n) is 4.73. The fourth-order valence-corrected chi connectivity index (χ4v) is 1.48. The number of amides is 1. The van der Waals surface area contributed by atoms with Gasteiger partial charge in [0.25, 0.3) is 5.91 Å². The van der Waals surface area contributed by atoms with Crippen molar-refractivity contribution < 1.29 is 22.8 Å². The van der Waals surface area contributed by atoms with Crippen LogP contribution in [0, 0.1) is 5.92 Å². The molecule has 0 aromatic carbocycles. The topological polar surface area (TPSA) is 37.4 Å². The molecule has 0 N–H and O–H groups in total. The van der Waals surface area contributed by atoms with Crippen molar-refractivity contribution in [3.05, 3.63) is 0 Å². The van der Waals surface area contributed by atoms with E-state index < -0.39 is 17.9 Å². The molecule has 6 heteroatoms. The maximum atomic E-state index is 11.9. The number of alkyl halides is 3. The minimum Gasteiger partial charge on any atom is -0.336 e. The zero-order chi connectivity index (χ0) is 11.6. The Hall–Kier alpha value is -1.07. The molecule has 0 spiro atoms. The summed E-state index contributed by atoms with van der Waals surface area (Å²) >= 11 is 0. The molecule has 0 unspecified atom stereocenters. The minimum atomic E-state index is -5.06. The molecule has 86 valence electrons. The SMILES string of the molecule is CC1CCN(C(=O)C(=O)C(F)(F)F)CC1. The highest BCUT2D eigenvalue weighted by atomic mass is 19.4. The van der Waals surface area contributed by atoms with E-state index in [1.807, 2.05) is 6.92 Å². The number of Topliss-reactive ketones (excluding diaryl/α,β-unsaturated/α-hetero) is 1. The lowest BCUT2D eigenvalue weighted by molar-refractivity contribution is -0.178. The van der Waals surface area contributed by atoms with E-state index in [4.69, 9.17) is 0 Å². The van der Waals surface area contributed by atoms with E-state index in [-0.39, 0.29) is 13.1 Å². The number of halogens is 3. The smallest absolute Gasteiger partial charge is 0.336 e. The molecule has 0 saturated carbocycles. The second-order valence-electron chi connectivity index (χ2n) is 3.80. The Bertz CT molecular complexity index is 267. The van der Waals surface area contributed by atoms with Crippen LogP contribution in [-0.4, -0.2) is 35.9 Å². The molecule has 1 aliphatic rings. The van der Waals surface area contributed by atoms with Gasteiger partial charge in [-0.2, -0.15) is 13.2 Å². The van der Waals surface area contributed by atoms with Gasteiger partial charge in [-0.15, -0.1) is 0 Å². The molecular formula is C9H12F3NO2. The lowest BCUT2D eigenvalue weighted by atomic mass is 9.99. The number of nitrogens with zero attached hydrogens (tertiary/aromatic N) is 1. The van der Waals surface area contributed by atoms with Crippen LogP contribution in [-0.2, 0) is 9.59 Å². The fourth-order valence-electron chi connectivity index (χ4n) is 1.48. The maximum absolute atomic E-state index is 11.9. The molecule has 15 heavy (non-hydrogen) atoms. The van der Waals surface area contributed by atoms with Crippen LogP contribution in [0.5, 0.6) is 0 Å². The molecule has 0 aliphatic carbocycles. The van der Waals surface area contributed by atoms with E-state index in [0.717, 1.165) is 4.90 Å². The van der Waals surface area contributed by atoms with Crippen molar-refractivity contribution >= 4 is 11.7 Å². The number of carbonyl (C=O) groups excluding carboxylic acids is 2. The van der Waals surface area contributed by atoms with E-state index in [0.29, 0.717) is 18.8 Å². The lowest BCUT2D eigenvalue weighted by Gasteiger charge is -2.29. The number of piperidine rings is 1. The lowest BCUT2D eigenvalue weighted by Crippen LogP contribution is -2.46. The molecule has 1 aliphatic heterocycles. The van der Waals surface area contributed by atoms with Crippen molar-refractivity contribution in [2.24, 2.45) is 5.92 Å². The second-order valence-corrected chi connectivity index (χ2v) is 3.80. The quantitative estimate of drug-likeness (QED) is 0.630. The molecule has 0 aromatic rings. The van der Waals surface area contributed by atoms with Gasteiger partial charge in [0.1, 0.15) is 0 Å². The Kier molecular flexibility index (Phi) is 3.36. The first-order chi connectivity index (χ1) is 6.82. The summed E-state index contributed by atoms with van der Waals surface area (Å²) in [4.78, 5) is 22.7. The summed E-state index contributed by atoms with van der Waals surface area (Å²) in [7, 11) is 0. The molecule has 1 saturated heterocycles. The third kappa shape index (κ3) is 2.94. The van der Waals surface area contributed by atoms with Crippen molar-refractivity contribution in [2.45, 2.75) is 25.9 Å². The summed E-state index contributed by atoms with van der Waals surface area (Å²) in [6.07, 6.45) is -3.76. The standard InChI is InChI=1S/C9H12F3NO2/c1-6-2-4-13(5-3-6)8(15)7(14)9(10,11)12/h6H,2-5H2,1H3. The summed E-state index contributed by atoms with van der Waals surface area (Å²) in [6, 6.07) is 0. The highest BCUT2D eigenvalue weighted by Crippen LogP contribution is 2.20. The van der Waals surface area contributed by atoms with Crippen LogP contribution in [0.3, 0.4) is 0 Å². The van der Waals surface area contributed by atoms with Crippen LogP contribution in [0.1, 0.15) is 19.8 Å². The molecule has 1 rings (SSSR count). The zero-order valence-electron chi connectivity index (χ0n) is 8.30. The van der Waals surface area contributed by atoms with Gasteiger partial charge in [-0.05, 0) is 18.8 Å². The van der Waals surface area contributed by atoms with Gasteiger partial charge in [-0.25, -0.2) is 0 Å². The van der Waals surface area contributed by atoms with Gasteiger partial charge in [0, 0.05) is 13.1 Å². The molecule has 1 heterocycles. The predicted octanol–water partition coefficient (Wildman–Crippen LogP) is 1.38. The van der Waals surface area contributed by atoms with E-state index >= 15 is 0 Å². The summed E-state index contributed by atoms with van der Waals surface area (Å²) in [5, 5.41) is 0. The van der Waals surface area contributed by atoms with Gasteiger partial charge in [-0.3, -0.25) is 9.59 Å². The predicted molar refractivity (Wildman–Crippen MR) is 46.0 cm³/mol. The molecule has 0 atom stereocenters. The molecule has 1 amide bonds. The van der Waals surface area contributed by atoms with Crippen molar-refractivity contribution in [3.8, 4) is 0 Å². The van der Waals surface area contributed by atoms with Gasteiger partial charge in [-0.1, -0.05) is 6.92 Å². The van der Waals surface area contributed by atoms with Gasteiger partial charge < -0.3 is 4.90 Å². The highest BCUT2D eigenvalue weighted by Gasteiger charge is 2.45. The summed E-state index contributed by atoms with van der Waals surface area (Å²) in [5.41, 5.74) is 0. The normalized spacial score (nSPS) is 19.1. The van der Waals surface area contributed by atoms with Crippen molar-refractivity contribution in [1.29, 1.82) is 0 Å². The largest absolute Gasteiger partial charge is 0.460 e. The van der Waals surface area contributed by atoms with Crippen LogP contribution < -0.4 is 0 Å². The van der Waals surface area contributed by atoms with Crippen LogP contribution in [0.2, 0.25) is 0 Å². The van der Waals surface area contributed by atoms with Gasteiger partial charge in [0.2, 0.25) is 0 Å². The van der Waals surface area contributed by atoms with Crippen molar-refractivity contribution in [1.82, 2.24) is 4.90 Å². The average Bonchev–Trinajstić information content (AvgIpc) is 2.15. The van der Waals surface area contributed by atoms with Crippen LogP contribution in [0.15, 0.2) is 0 Å². The van der Waals surface area contributed by atoms with Crippen LogP contribution in [0.4, 0.5) is 13.2 Å². The first kappa shape index (κ1) is 12.0. The molecule has 3 nitrogen and oxygen atoms in total. The molecule has 0 bridgehead atoms. The Labute approximate surface area is 85.2 Å². The van der Waals surface area contributed by atoms with Crippen LogP contribution in [0.25, 0.3) is 0 Å². The molecular weight excluding hydrogens is 211 g/mol. The Morgan fingerprint density at radius 3 is 2.07 bits per heavy atom. The van der Waals surface area contributed by atoms with Crippen molar-refractivity contribution in [3.63, 3.8) is 0 Å². The minimum absolute atomic E-state index is 0.238. The average molecular weight is 223 g/mol. The fraction of sp³-hybridized carbons (Fsp3) is 0.778. The number of carbonyl (C=O) groups is 2. The number of hydrogen-bond acceptors (Lipinski definition) is 2. The number of likely N-dealkylation sites (tertiary alicyclic amines) is 1. The number of hydrogen-bond donors (Lipinski definition) is 0. The van der Waals surface area contributed by atoms with E-state index in [9.17, 15) is 22.8 Å². The summed E-state index contributed by atoms with van der Waals surface area (Å²) in [6.45, 7) is 2.44. The third-order valence-corrected chi connectivity index (χ3v) is 2.52. The highest BCUT2D eigenvalue weighted by molar-refractivity contribution is 6.38. The second kappa shape index (κ2) is 4.20. The zero-order valence-corrected chi connectivity index (χ0v) is 8.30. The molecule has 0 aromatic heterocycles. The van der Waals surface area contributed by atoms with Crippen molar-refractivity contribution in [2.75, 3.05) is 13.1 Å². The van der Waals surface area contributed by atoms with Gasteiger partial charge in [0.15, 0.2) is 0 Å². The summed E-state index contributed by atoms with van der Waals surface area (Å²) in [5.74, 6) is -3.29. The summed E-state index contributed by atoms with van der Waals surface area (Å²) < 4.78 is 35.8. The molecule has 1 fully saturated rings. The number of rotatable bonds is 1. The van der Waals surface area contributed by atoms with Gasteiger partial charge in [0.05, 0.1) is 0 Å². The Balaban J connectivity index is 2.58. The van der Waals surface area contributed by atoms with E-state index in [1.165, 1.54) is 0 Å². The van der Waals surface area contributed by atoms with E-state index in [1.54, 1.807) is 0 Å². The monoisotopic (exact) mass is 223 g/mol. The third-order valence-electron chi connectivity index (χ3n) is 2.52. The Morgan fingerprint density at radius 1 is 1.20 bits per heavy atom.